The minimum absolute atomic E-state index is 0.333. The number of carbonyl (C=O) groups is 1. The molecule has 1 saturated carbocycles. The Balaban J connectivity index is 2.20. The van der Waals surface area contributed by atoms with E-state index in [2.05, 4.69) is 27.5 Å². The zero-order valence-electron chi connectivity index (χ0n) is 10.9. The van der Waals surface area contributed by atoms with Crippen molar-refractivity contribution < 1.29 is 9.90 Å². The van der Waals surface area contributed by atoms with Crippen molar-refractivity contribution in [2.45, 2.75) is 37.0 Å². The Bertz CT molecular complexity index is 467. The number of halogens is 1. The van der Waals surface area contributed by atoms with Gasteiger partial charge in [0.2, 0.25) is 0 Å². The molecule has 0 aliphatic heterocycles. The molecule has 104 valence electrons. The second-order valence-corrected chi connectivity index (χ2v) is 6.80. The van der Waals surface area contributed by atoms with Gasteiger partial charge >= 0.3 is 5.97 Å². The van der Waals surface area contributed by atoms with Gasteiger partial charge in [-0.25, -0.2) is 4.79 Å². The van der Waals surface area contributed by atoms with Crippen molar-refractivity contribution >= 4 is 39.3 Å². The summed E-state index contributed by atoms with van der Waals surface area (Å²) in [5.41, 5.74) is 1.06. The van der Waals surface area contributed by atoms with Gasteiger partial charge in [-0.1, -0.05) is 28.8 Å². The molecule has 0 saturated heterocycles. The van der Waals surface area contributed by atoms with E-state index in [1.807, 2.05) is 23.9 Å². The van der Waals surface area contributed by atoms with E-state index in [-0.39, 0.29) is 0 Å². The Morgan fingerprint density at radius 3 is 2.84 bits per heavy atom. The molecular weight excluding hydrogens is 326 g/mol. The summed E-state index contributed by atoms with van der Waals surface area (Å²) in [5.74, 6) is -0.889. The van der Waals surface area contributed by atoms with E-state index in [0.717, 1.165) is 16.6 Å². The monoisotopic (exact) mass is 343 g/mol. The number of rotatable bonds is 4. The van der Waals surface area contributed by atoms with Crippen molar-refractivity contribution in [3.63, 3.8) is 0 Å². The predicted molar refractivity (Wildman–Crippen MR) is 84.3 cm³/mol. The number of hydrogen-bond acceptors (Lipinski definition) is 3. The SMILES string of the molecule is CSC1CCCCC1Nc1ccc(Br)cc1C(=O)O. The number of benzene rings is 1. The Hall–Kier alpha value is -0.680. The lowest BCUT2D eigenvalue weighted by Crippen LogP contribution is -2.34. The maximum Gasteiger partial charge on any atom is 0.337 e. The number of thioether (sulfide) groups is 1. The molecule has 5 heteroatoms. The summed E-state index contributed by atoms with van der Waals surface area (Å²) in [4.78, 5) is 11.3. The molecule has 2 rings (SSSR count). The highest BCUT2D eigenvalue weighted by atomic mass is 79.9. The van der Waals surface area contributed by atoms with Crippen LogP contribution in [0.3, 0.4) is 0 Å². The molecule has 2 unspecified atom stereocenters. The standard InChI is InChI=1S/C14H18BrNO2S/c1-19-13-5-3-2-4-12(13)16-11-7-6-9(15)8-10(11)14(17)18/h6-8,12-13,16H,2-5H2,1H3,(H,17,18). The maximum atomic E-state index is 11.3. The van der Waals surface area contributed by atoms with Gasteiger partial charge in [-0.2, -0.15) is 11.8 Å². The molecule has 19 heavy (non-hydrogen) atoms. The zero-order valence-corrected chi connectivity index (χ0v) is 13.3. The third-order valence-electron chi connectivity index (χ3n) is 3.56. The number of carboxylic acids is 1. The Kier molecular flexibility index (Phi) is 5.16. The van der Waals surface area contributed by atoms with Gasteiger partial charge in [-0.15, -0.1) is 0 Å². The molecule has 1 aromatic rings. The van der Waals surface area contributed by atoms with Crippen molar-refractivity contribution in [2.75, 3.05) is 11.6 Å². The van der Waals surface area contributed by atoms with Crippen LogP contribution in [0.15, 0.2) is 22.7 Å². The molecule has 1 aliphatic carbocycles. The molecule has 2 N–H and O–H groups in total. The van der Waals surface area contributed by atoms with Gasteiger partial charge in [0.25, 0.3) is 0 Å². The van der Waals surface area contributed by atoms with E-state index in [0.29, 0.717) is 16.9 Å². The fourth-order valence-corrected chi connectivity index (χ4v) is 3.86. The summed E-state index contributed by atoms with van der Waals surface area (Å²) in [6, 6.07) is 5.75. The Morgan fingerprint density at radius 2 is 2.16 bits per heavy atom. The summed E-state index contributed by atoms with van der Waals surface area (Å²) in [6.07, 6.45) is 6.94. The molecule has 0 amide bonds. The highest BCUT2D eigenvalue weighted by Gasteiger charge is 2.25. The van der Waals surface area contributed by atoms with Gasteiger partial charge in [0, 0.05) is 21.5 Å². The second kappa shape index (κ2) is 6.66. The summed E-state index contributed by atoms with van der Waals surface area (Å²) in [5, 5.41) is 13.3. The molecular formula is C14H18BrNO2S. The quantitative estimate of drug-likeness (QED) is 0.858. The van der Waals surface area contributed by atoms with Crippen molar-refractivity contribution in [3.05, 3.63) is 28.2 Å². The first-order chi connectivity index (χ1) is 9.11. The van der Waals surface area contributed by atoms with Gasteiger partial charge in [-0.3, -0.25) is 0 Å². The highest BCUT2D eigenvalue weighted by molar-refractivity contribution is 9.10. The van der Waals surface area contributed by atoms with Gasteiger partial charge in [-0.05, 0) is 37.3 Å². The first kappa shape index (κ1) is 14.7. The molecule has 0 bridgehead atoms. The van der Waals surface area contributed by atoms with Gasteiger partial charge < -0.3 is 10.4 Å². The summed E-state index contributed by atoms with van der Waals surface area (Å²) in [7, 11) is 0. The first-order valence-electron chi connectivity index (χ1n) is 6.44. The summed E-state index contributed by atoms with van der Waals surface area (Å²) in [6.45, 7) is 0. The van der Waals surface area contributed by atoms with Crippen molar-refractivity contribution in [1.29, 1.82) is 0 Å². The molecule has 1 aromatic carbocycles. The van der Waals surface area contributed by atoms with E-state index >= 15 is 0 Å². The maximum absolute atomic E-state index is 11.3. The zero-order chi connectivity index (χ0) is 13.8. The van der Waals surface area contributed by atoms with E-state index in [9.17, 15) is 9.90 Å². The number of carboxylic acid groups (broad SMARTS) is 1. The number of aromatic carboxylic acids is 1. The Labute approximate surface area is 126 Å². The lowest BCUT2D eigenvalue weighted by Gasteiger charge is -2.32. The van der Waals surface area contributed by atoms with Crippen LogP contribution < -0.4 is 5.32 Å². The van der Waals surface area contributed by atoms with Crippen LogP contribution in [-0.2, 0) is 0 Å². The van der Waals surface area contributed by atoms with Gasteiger partial charge in [0.15, 0.2) is 0 Å². The van der Waals surface area contributed by atoms with E-state index in [4.69, 9.17) is 0 Å². The minimum Gasteiger partial charge on any atom is -0.478 e. The van der Waals surface area contributed by atoms with E-state index in [1.54, 1.807) is 6.07 Å². The predicted octanol–water partition coefficient (Wildman–Crippen LogP) is 4.23. The lowest BCUT2D eigenvalue weighted by atomic mass is 9.94. The van der Waals surface area contributed by atoms with Gasteiger partial charge in [0.1, 0.15) is 0 Å². The van der Waals surface area contributed by atoms with Crippen molar-refractivity contribution in [3.8, 4) is 0 Å². The average Bonchev–Trinajstić information content (AvgIpc) is 2.41. The highest BCUT2D eigenvalue weighted by Crippen LogP contribution is 2.31. The van der Waals surface area contributed by atoms with Crippen LogP contribution >= 0.6 is 27.7 Å². The smallest absolute Gasteiger partial charge is 0.337 e. The fraction of sp³-hybridized carbons (Fsp3) is 0.500. The number of hydrogen-bond donors (Lipinski definition) is 2. The molecule has 1 aliphatic rings. The molecule has 0 radical (unpaired) electrons. The molecule has 1 fully saturated rings. The van der Waals surface area contributed by atoms with Crippen LogP contribution in [0.5, 0.6) is 0 Å². The molecule has 3 nitrogen and oxygen atoms in total. The summed E-state index contributed by atoms with van der Waals surface area (Å²) >= 11 is 5.19. The minimum atomic E-state index is -0.889. The van der Waals surface area contributed by atoms with Crippen molar-refractivity contribution in [2.24, 2.45) is 0 Å². The fourth-order valence-electron chi connectivity index (χ4n) is 2.56. The third-order valence-corrected chi connectivity index (χ3v) is 5.22. The van der Waals surface area contributed by atoms with Crippen LogP contribution in [0.2, 0.25) is 0 Å². The number of nitrogens with one attached hydrogen (secondary N) is 1. The van der Waals surface area contributed by atoms with Crippen LogP contribution in [0.1, 0.15) is 36.0 Å². The van der Waals surface area contributed by atoms with Crippen LogP contribution in [0.25, 0.3) is 0 Å². The van der Waals surface area contributed by atoms with E-state index in [1.165, 1.54) is 19.3 Å². The van der Waals surface area contributed by atoms with Crippen LogP contribution in [0, 0.1) is 0 Å². The summed E-state index contributed by atoms with van der Waals surface area (Å²) < 4.78 is 0.792. The third kappa shape index (κ3) is 3.66. The topological polar surface area (TPSA) is 49.3 Å². The normalized spacial score (nSPS) is 23.1. The van der Waals surface area contributed by atoms with Crippen molar-refractivity contribution in [1.82, 2.24) is 0 Å². The number of anilines is 1. The average molecular weight is 344 g/mol. The molecule has 0 aromatic heterocycles. The van der Waals surface area contributed by atoms with Gasteiger partial charge in [0.05, 0.1) is 5.56 Å². The van der Waals surface area contributed by atoms with Crippen LogP contribution in [-0.4, -0.2) is 28.6 Å². The Morgan fingerprint density at radius 1 is 1.42 bits per heavy atom. The first-order valence-corrected chi connectivity index (χ1v) is 8.52. The largest absolute Gasteiger partial charge is 0.478 e. The molecule has 0 spiro atoms. The van der Waals surface area contributed by atoms with Crippen LogP contribution in [0.4, 0.5) is 5.69 Å². The second-order valence-electron chi connectivity index (χ2n) is 4.80. The molecule has 2 atom stereocenters. The van der Waals surface area contributed by atoms with E-state index < -0.39 is 5.97 Å². The molecule has 0 heterocycles. The lowest BCUT2D eigenvalue weighted by molar-refractivity contribution is 0.0698.